The van der Waals surface area contributed by atoms with Crippen LogP contribution in [0.1, 0.15) is 5.56 Å². The highest BCUT2D eigenvalue weighted by Crippen LogP contribution is 2.24. The van der Waals surface area contributed by atoms with Gasteiger partial charge in [0.15, 0.2) is 0 Å². The van der Waals surface area contributed by atoms with Crippen molar-refractivity contribution in [1.29, 1.82) is 0 Å². The third kappa shape index (κ3) is 1.11. The van der Waals surface area contributed by atoms with E-state index < -0.39 is 0 Å². The lowest BCUT2D eigenvalue weighted by atomic mass is 10.0. The smallest absolute Gasteiger partial charge is 0.0396 e. The highest BCUT2D eigenvalue weighted by molar-refractivity contribution is 5.55. The Kier molecular flexibility index (Phi) is 1.57. The van der Waals surface area contributed by atoms with Gasteiger partial charge in [-0.2, -0.15) is 0 Å². The molecule has 0 saturated carbocycles. The summed E-state index contributed by atoms with van der Waals surface area (Å²) in [6.45, 7) is 1.08. The van der Waals surface area contributed by atoms with Crippen LogP contribution in [0.15, 0.2) is 24.3 Å². The molecule has 1 aliphatic heterocycles. The molecule has 1 heterocycles. The Morgan fingerprint density at radius 2 is 2.09 bits per heavy atom. The molecule has 0 unspecified atom stereocenters. The molecule has 1 aromatic carbocycles. The van der Waals surface area contributed by atoms with Crippen LogP contribution in [0.25, 0.3) is 0 Å². The number of hydrogen-bond acceptors (Lipinski definition) is 1. The molecule has 57 valence electrons. The summed E-state index contributed by atoms with van der Waals surface area (Å²) >= 11 is 0. The van der Waals surface area contributed by atoms with E-state index in [1.165, 1.54) is 11.3 Å². The third-order valence-electron chi connectivity index (χ3n) is 2.17. The van der Waals surface area contributed by atoms with Gasteiger partial charge in [0.25, 0.3) is 0 Å². The van der Waals surface area contributed by atoms with Crippen LogP contribution in [-0.4, -0.2) is 13.6 Å². The Balaban J connectivity index is 2.44. The fraction of sp³-hybridized carbons (Fsp3) is 0.300. The fourth-order valence-corrected chi connectivity index (χ4v) is 1.57. The summed E-state index contributed by atoms with van der Waals surface area (Å²) in [7, 11) is 2.13. The number of fused-ring (bicyclic) bond motifs is 1. The Labute approximate surface area is 67.6 Å². The van der Waals surface area contributed by atoms with Crippen molar-refractivity contribution in [2.45, 2.75) is 6.42 Å². The molecule has 1 radical (unpaired) electrons. The van der Waals surface area contributed by atoms with E-state index in [-0.39, 0.29) is 0 Å². The van der Waals surface area contributed by atoms with E-state index in [1.807, 2.05) is 0 Å². The van der Waals surface area contributed by atoms with Crippen molar-refractivity contribution in [3.8, 4) is 0 Å². The number of benzene rings is 1. The largest absolute Gasteiger partial charge is 0.374 e. The van der Waals surface area contributed by atoms with E-state index in [1.54, 1.807) is 0 Å². The van der Waals surface area contributed by atoms with Crippen molar-refractivity contribution in [3.63, 3.8) is 0 Å². The maximum absolute atomic E-state index is 2.31. The molecule has 1 aromatic rings. The molecule has 0 amide bonds. The molecule has 0 spiro atoms. The van der Waals surface area contributed by atoms with Crippen LogP contribution in [-0.2, 0) is 6.42 Å². The minimum atomic E-state index is 1.08. The van der Waals surface area contributed by atoms with E-state index >= 15 is 0 Å². The zero-order valence-electron chi connectivity index (χ0n) is 6.75. The molecule has 0 fully saturated rings. The van der Waals surface area contributed by atoms with Crippen molar-refractivity contribution < 1.29 is 0 Å². The second-order valence-electron chi connectivity index (χ2n) is 3.00. The molecule has 2 rings (SSSR count). The lowest BCUT2D eigenvalue weighted by molar-refractivity contribution is 0.884. The number of hydrogen-bond donors (Lipinski definition) is 0. The van der Waals surface area contributed by atoms with Crippen LogP contribution in [0, 0.1) is 6.42 Å². The highest BCUT2D eigenvalue weighted by atomic mass is 15.1. The van der Waals surface area contributed by atoms with Crippen LogP contribution in [0.5, 0.6) is 0 Å². The standard InChI is InChI=1S/C10H12N/c1-11-8-4-6-9-5-2-3-7-10(9)11/h2-5,7H,6,8H2,1H3. The minimum Gasteiger partial charge on any atom is -0.374 e. The number of anilines is 1. The van der Waals surface area contributed by atoms with Crippen molar-refractivity contribution in [3.05, 3.63) is 36.2 Å². The number of nitrogens with zero attached hydrogens (tertiary/aromatic N) is 1. The minimum absolute atomic E-state index is 1.08. The van der Waals surface area contributed by atoms with Crippen molar-refractivity contribution in [2.24, 2.45) is 0 Å². The van der Waals surface area contributed by atoms with Crippen LogP contribution in [0.3, 0.4) is 0 Å². The van der Waals surface area contributed by atoms with Crippen LogP contribution < -0.4 is 4.90 Å². The molecule has 0 N–H and O–H groups in total. The van der Waals surface area contributed by atoms with Crippen LogP contribution in [0.4, 0.5) is 5.69 Å². The lowest BCUT2D eigenvalue weighted by Gasteiger charge is -2.26. The number of rotatable bonds is 0. The Bertz CT molecular complexity index is 255. The van der Waals surface area contributed by atoms with Gasteiger partial charge in [-0.15, -0.1) is 0 Å². The molecule has 0 bridgehead atoms. The summed E-state index contributed by atoms with van der Waals surface area (Å²) in [6.07, 6.45) is 3.43. The summed E-state index contributed by atoms with van der Waals surface area (Å²) in [4.78, 5) is 2.28. The van der Waals surface area contributed by atoms with Crippen LogP contribution in [0.2, 0.25) is 0 Å². The summed E-state index contributed by atoms with van der Waals surface area (Å²) in [5.41, 5.74) is 2.83. The Hall–Kier alpha value is -0.980. The second kappa shape index (κ2) is 2.57. The number of para-hydroxylation sites is 1. The molecule has 0 saturated heterocycles. The maximum Gasteiger partial charge on any atom is 0.0396 e. The first kappa shape index (κ1) is 6.71. The van der Waals surface area contributed by atoms with Gasteiger partial charge in [-0.25, -0.2) is 0 Å². The first-order valence-corrected chi connectivity index (χ1v) is 3.98. The summed E-state index contributed by atoms with van der Waals surface area (Å²) < 4.78 is 0. The third-order valence-corrected chi connectivity index (χ3v) is 2.17. The van der Waals surface area contributed by atoms with Gasteiger partial charge >= 0.3 is 0 Å². The second-order valence-corrected chi connectivity index (χ2v) is 3.00. The van der Waals surface area contributed by atoms with Crippen molar-refractivity contribution >= 4 is 5.69 Å². The van der Waals surface area contributed by atoms with E-state index in [9.17, 15) is 0 Å². The molecule has 0 aromatic heterocycles. The molecular formula is C10H12N. The maximum atomic E-state index is 2.31. The lowest BCUT2D eigenvalue weighted by Crippen LogP contribution is -2.24. The monoisotopic (exact) mass is 146 g/mol. The van der Waals surface area contributed by atoms with Crippen LogP contribution >= 0.6 is 0 Å². The molecule has 0 atom stereocenters. The average molecular weight is 146 g/mol. The molecule has 1 heteroatoms. The van der Waals surface area contributed by atoms with Gasteiger partial charge in [0.1, 0.15) is 0 Å². The Morgan fingerprint density at radius 1 is 1.27 bits per heavy atom. The predicted octanol–water partition coefficient (Wildman–Crippen LogP) is 1.88. The quantitative estimate of drug-likeness (QED) is 0.540. The molecule has 11 heavy (non-hydrogen) atoms. The normalized spacial score (nSPS) is 16.3. The van der Waals surface area contributed by atoms with Crippen molar-refractivity contribution in [1.82, 2.24) is 0 Å². The van der Waals surface area contributed by atoms with E-state index in [0.717, 1.165) is 13.0 Å². The van der Waals surface area contributed by atoms with Gasteiger partial charge in [0.2, 0.25) is 0 Å². The zero-order valence-corrected chi connectivity index (χ0v) is 6.75. The average Bonchev–Trinajstić information content (AvgIpc) is 2.06. The van der Waals surface area contributed by atoms with E-state index in [2.05, 4.69) is 42.6 Å². The fourth-order valence-electron chi connectivity index (χ4n) is 1.57. The highest BCUT2D eigenvalue weighted by Gasteiger charge is 2.11. The Morgan fingerprint density at radius 3 is 2.91 bits per heavy atom. The van der Waals surface area contributed by atoms with Gasteiger partial charge in [-0.3, -0.25) is 0 Å². The van der Waals surface area contributed by atoms with Gasteiger partial charge in [-0.05, 0) is 24.5 Å². The molecular weight excluding hydrogens is 134 g/mol. The summed E-state index contributed by atoms with van der Waals surface area (Å²) in [6, 6.07) is 8.58. The predicted molar refractivity (Wildman–Crippen MR) is 47.7 cm³/mol. The summed E-state index contributed by atoms with van der Waals surface area (Å²) in [5, 5.41) is 0. The van der Waals surface area contributed by atoms with Gasteiger partial charge in [0.05, 0.1) is 0 Å². The van der Waals surface area contributed by atoms with E-state index in [4.69, 9.17) is 0 Å². The molecule has 0 aliphatic carbocycles. The summed E-state index contributed by atoms with van der Waals surface area (Å²) in [5.74, 6) is 0. The molecule has 1 nitrogen and oxygen atoms in total. The topological polar surface area (TPSA) is 3.24 Å². The van der Waals surface area contributed by atoms with Gasteiger partial charge < -0.3 is 4.90 Å². The van der Waals surface area contributed by atoms with Gasteiger partial charge in [0, 0.05) is 19.3 Å². The van der Waals surface area contributed by atoms with E-state index in [0.29, 0.717) is 0 Å². The first-order chi connectivity index (χ1) is 5.38. The van der Waals surface area contributed by atoms with Gasteiger partial charge in [-0.1, -0.05) is 18.2 Å². The first-order valence-electron chi connectivity index (χ1n) is 3.98. The zero-order chi connectivity index (χ0) is 7.68. The van der Waals surface area contributed by atoms with Crippen molar-refractivity contribution in [2.75, 3.05) is 18.5 Å². The SMILES string of the molecule is CN1C[CH]Cc2ccccc21. The molecule has 1 aliphatic rings.